The van der Waals surface area contributed by atoms with E-state index < -0.39 is 0 Å². The summed E-state index contributed by atoms with van der Waals surface area (Å²) in [6, 6.07) is 10.7. The summed E-state index contributed by atoms with van der Waals surface area (Å²) in [4.78, 5) is 4.05. The largest absolute Gasteiger partial charge is 0.432 e. The maximum atomic E-state index is 5.38. The number of aryl methyl sites for hydroxylation is 2. The van der Waals surface area contributed by atoms with Crippen molar-refractivity contribution in [1.29, 1.82) is 0 Å². The zero-order valence-corrected chi connectivity index (χ0v) is 8.52. The van der Waals surface area contributed by atoms with Crippen molar-refractivity contribution in [2.24, 2.45) is 0 Å². The van der Waals surface area contributed by atoms with Crippen LogP contribution in [0.15, 0.2) is 41.0 Å². The minimum absolute atomic E-state index is 0.254. The third-order valence-electron chi connectivity index (χ3n) is 2.31. The van der Waals surface area contributed by atoms with Gasteiger partial charge in [-0.3, -0.25) is 0 Å². The van der Waals surface area contributed by atoms with Crippen LogP contribution in [0.5, 0.6) is 0 Å². The van der Waals surface area contributed by atoms with Crippen molar-refractivity contribution < 1.29 is 4.42 Å². The van der Waals surface area contributed by atoms with Crippen LogP contribution in [0.3, 0.4) is 0 Å². The summed E-state index contributed by atoms with van der Waals surface area (Å²) in [5.74, 6) is 0. The second kappa shape index (κ2) is 4.64. The molecular weight excluding hydrogens is 188 g/mol. The number of nitrogens with zero attached hydrogens (tertiary/aromatic N) is 1. The molecule has 0 spiro atoms. The van der Waals surface area contributed by atoms with Gasteiger partial charge in [0.1, 0.15) is 6.26 Å². The molecule has 1 heterocycles. The molecule has 1 aromatic carbocycles. The molecule has 78 valence electrons. The predicted octanol–water partition coefficient (Wildman–Crippen LogP) is 2.43. The zero-order valence-electron chi connectivity index (χ0n) is 8.52. The maximum Gasteiger partial charge on any atom is 0.292 e. The number of hydrogen-bond acceptors (Lipinski definition) is 3. The Balaban J connectivity index is 1.80. The second-order valence-electron chi connectivity index (χ2n) is 3.52. The van der Waals surface area contributed by atoms with E-state index in [1.807, 2.05) is 6.07 Å². The summed E-state index contributed by atoms with van der Waals surface area (Å²) in [6.45, 7) is 0. The van der Waals surface area contributed by atoms with Gasteiger partial charge >= 0.3 is 0 Å². The van der Waals surface area contributed by atoms with E-state index in [1.54, 1.807) is 6.26 Å². The molecule has 0 fully saturated rings. The SMILES string of the molecule is Nc1nc(CCCc2ccccc2)co1. The standard InChI is InChI=1S/C12H14N2O/c13-12-14-11(9-15-12)8-4-7-10-5-2-1-3-6-10/h1-3,5-6,9H,4,7-8H2,(H2,13,14). The molecule has 0 radical (unpaired) electrons. The highest BCUT2D eigenvalue weighted by Crippen LogP contribution is 2.08. The lowest BCUT2D eigenvalue weighted by Gasteiger charge is -1.98. The lowest BCUT2D eigenvalue weighted by molar-refractivity contribution is 0.577. The summed E-state index contributed by atoms with van der Waals surface area (Å²) in [5.41, 5.74) is 7.67. The maximum absolute atomic E-state index is 5.38. The summed E-state index contributed by atoms with van der Waals surface area (Å²) in [7, 11) is 0. The van der Waals surface area contributed by atoms with Crippen molar-refractivity contribution >= 4 is 6.01 Å². The zero-order chi connectivity index (χ0) is 10.5. The highest BCUT2D eigenvalue weighted by molar-refractivity contribution is 5.15. The Morgan fingerprint density at radius 1 is 1.13 bits per heavy atom. The monoisotopic (exact) mass is 202 g/mol. The first-order valence-corrected chi connectivity index (χ1v) is 5.08. The number of hydrogen-bond donors (Lipinski definition) is 1. The fraction of sp³-hybridized carbons (Fsp3) is 0.250. The molecule has 0 aliphatic heterocycles. The van der Waals surface area contributed by atoms with Crippen molar-refractivity contribution in [3.8, 4) is 0 Å². The normalized spacial score (nSPS) is 10.4. The predicted molar refractivity (Wildman–Crippen MR) is 59.4 cm³/mol. The molecule has 2 N–H and O–H groups in total. The highest BCUT2D eigenvalue weighted by Gasteiger charge is 2.00. The Hall–Kier alpha value is -1.77. The first kappa shape index (κ1) is 9.77. The molecule has 3 nitrogen and oxygen atoms in total. The fourth-order valence-electron chi connectivity index (χ4n) is 1.56. The van der Waals surface area contributed by atoms with Gasteiger partial charge in [-0.2, -0.15) is 4.98 Å². The van der Waals surface area contributed by atoms with Crippen LogP contribution in [0.25, 0.3) is 0 Å². The summed E-state index contributed by atoms with van der Waals surface area (Å²) < 4.78 is 4.93. The van der Waals surface area contributed by atoms with Crippen molar-refractivity contribution in [2.75, 3.05) is 5.73 Å². The topological polar surface area (TPSA) is 52.0 Å². The average Bonchev–Trinajstić information content (AvgIpc) is 2.66. The van der Waals surface area contributed by atoms with E-state index in [2.05, 4.69) is 29.2 Å². The molecule has 0 aliphatic rings. The number of nitrogen functional groups attached to an aromatic ring is 1. The van der Waals surface area contributed by atoms with E-state index in [0.29, 0.717) is 0 Å². The van der Waals surface area contributed by atoms with Gasteiger partial charge in [0, 0.05) is 0 Å². The summed E-state index contributed by atoms with van der Waals surface area (Å²) in [6.07, 6.45) is 4.67. The third kappa shape index (κ3) is 2.84. The molecular formula is C12H14N2O. The fourth-order valence-corrected chi connectivity index (χ4v) is 1.56. The highest BCUT2D eigenvalue weighted by atomic mass is 16.4. The number of benzene rings is 1. The Labute approximate surface area is 88.9 Å². The van der Waals surface area contributed by atoms with Gasteiger partial charge in [0.15, 0.2) is 0 Å². The van der Waals surface area contributed by atoms with Crippen LogP contribution < -0.4 is 5.73 Å². The molecule has 15 heavy (non-hydrogen) atoms. The lowest BCUT2D eigenvalue weighted by atomic mass is 10.1. The molecule has 3 heteroatoms. The van der Waals surface area contributed by atoms with Crippen molar-refractivity contribution in [2.45, 2.75) is 19.3 Å². The molecule has 0 bridgehead atoms. The van der Waals surface area contributed by atoms with Crippen LogP contribution in [-0.4, -0.2) is 4.98 Å². The van der Waals surface area contributed by atoms with Crippen LogP contribution in [0.1, 0.15) is 17.7 Å². The van der Waals surface area contributed by atoms with E-state index in [0.717, 1.165) is 25.0 Å². The van der Waals surface area contributed by atoms with Gasteiger partial charge in [0.05, 0.1) is 5.69 Å². The molecule has 2 aromatic rings. The van der Waals surface area contributed by atoms with E-state index in [-0.39, 0.29) is 6.01 Å². The second-order valence-corrected chi connectivity index (χ2v) is 3.52. The van der Waals surface area contributed by atoms with E-state index >= 15 is 0 Å². The van der Waals surface area contributed by atoms with Gasteiger partial charge in [-0.05, 0) is 24.8 Å². The van der Waals surface area contributed by atoms with Crippen molar-refractivity contribution in [1.82, 2.24) is 4.98 Å². The Bertz CT molecular complexity index is 409. The van der Waals surface area contributed by atoms with Crippen molar-refractivity contribution in [3.05, 3.63) is 47.9 Å². The van der Waals surface area contributed by atoms with Crippen LogP contribution in [-0.2, 0) is 12.8 Å². The number of anilines is 1. The smallest absolute Gasteiger partial charge is 0.292 e. The molecule has 0 unspecified atom stereocenters. The van der Waals surface area contributed by atoms with Gasteiger partial charge in [0.2, 0.25) is 0 Å². The quantitative estimate of drug-likeness (QED) is 0.828. The van der Waals surface area contributed by atoms with E-state index in [1.165, 1.54) is 5.56 Å². The average molecular weight is 202 g/mol. The Kier molecular flexibility index (Phi) is 3.02. The molecule has 0 saturated heterocycles. The van der Waals surface area contributed by atoms with Gasteiger partial charge < -0.3 is 10.2 Å². The minimum Gasteiger partial charge on any atom is -0.432 e. The van der Waals surface area contributed by atoms with Crippen LogP contribution in [0.4, 0.5) is 6.01 Å². The van der Waals surface area contributed by atoms with E-state index in [4.69, 9.17) is 10.2 Å². The van der Waals surface area contributed by atoms with Gasteiger partial charge in [0.25, 0.3) is 6.01 Å². The minimum atomic E-state index is 0.254. The van der Waals surface area contributed by atoms with Gasteiger partial charge in [-0.25, -0.2) is 0 Å². The summed E-state index contributed by atoms with van der Waals surface area (Å²) >= 11 is 0. The first-order valence-electron chi connectivity index (χ1n) is 5.08. The molecule has 0 aliphatic carbocycles. The number of nitrogens with two attached hydrogens (primary N) is 1. The van der Waals surface area contributed by atoms with Gasteiger partial charge in [-0.15, -0.1) is 0 Å². The molecule has 0 atom stereocenters. The van der Waals surface area contributed by atoms with Crippen LogP contribution in [0, 0.1) is 0 Å². The molecule has 0 amide bonds. The molecule has 2 rings (SSSR count). The van der Waals surface area contributed by atoms with Crippen LogP contribution in [0.2, 0.25) is 0 Å². The van der Waals surface area contributed by atoms with Crippen molar-refractivity contribution in [3.63, 3.8) is 0 Å². The number of oxazole rings is 1. The summed E-state index contributed by atoms with van der Waals surface area (Å²) in [5, 5.41) is 0. The van der Waals surface area contributed by atoms with Crippen LogP contribution >= 0.6 is 0 Å². The first-order chi connectivity index (χ1) is 7.34. The third-order valence-corrected chi connectivity index (χ3v) is 2.31. The Morgan fingerprint density at radius 3 is 2.60 bits per heavy atom. The number of aromatic nitrogens is 1. The Morgan fingerprint density at radius 2 is 1.93 bits per heavy atom. The number of rotatable bonds is 4. The van der Waals surface area contributed by atoms with E-state index in [9.17, 15) is 0 Å². The molecule has 1 aromatic heterocycles. The van der Waals surface area contributed by atoms with Gasteiger partial charge in [-0.1, -0.05) is 30.3 Å². The molecule has 0 saturated carbocycles. The lowest BCUT2D eigenvalue weighted by Crippen LogP contribution is -1.91.